The van der Waals surface area contributed by atoms with Gasteiger partial charge >= 0.3 is 0 Å². The zero-order chi connectivity index (χ0) is 29.5. The first kappa shape index (κ1) is 29.2. The predicted molar refractivity (Wildman–Crippen MR) is 144 cm³/mol. The van der Waals surface area contributed by atoms with Gasteiger partial charge in [0.25, 0.3) is 10.0 Å². The first-order valence-electron chi connectivity index (χ1n) is 12.7. The van der Waals surface area contributed by atoms with E-state index in [0.717, 1.165) is 40.7 Å². The van der Waals surface area contributed by atoms with E-state index in [-0.39, 0.29) is 65.0 Å². The molecule has 5 rings (SSSR count). The van der Waals surface area contributed by atoms with E-state index in [4.69, 9.17) is 9.47 Å². The summed E-state index contributed by atoms with van der Waals surface area (Å²) in [4.78, 5) is -0.302. The third-order valence-corrected chi connectivity index (χ3v) is 10.7. The van der Waals surface area contributed by atoms with Gasteiger partial charge < -0.3 is 14.6 Å². The highest BCUT2D eigenvalue weighted by Crippen LogP contribution is 2.41. The molecule has 2 aliphatic rings. The van der Waals surface area contributed by atoms with E-state index in [1.54, 1.807) is 0 Å². The number of hydrogen-bond donors (Lipinski definition) is 1. The molecule has 0 spiro atoms. The number of ether oxygens (including phenoxy) is 2. The number of benzene rings is 3. The largest absolute Gasteiger partial charge is 0.494 e. The van der Waals surface area contributed by atoms with Gasteiger partial charge in [-0.1, -0.05) is 6.07 Å². The molecule has 0 aromatic heterocycles. The molecule has 0 saturated carbocycles. The summed E-state index contributed by atoms with van der Waals surface area (Å²) in [5.74, 6) is -2.77. The van der Waals surface area contributed by atoms with Crippen LogP contribution < -0.4 is 13.8 Å². The monoisotopic (exact) mass is 612 g/mol. The molecule has 1 fully saturated rings. The number of hydrogen-bond acceptors (Lipinski definition) is 7. The quantitative estimate of drug-likeness (QED) is 0.414. The molecule has 0 unspecified atom stereocenters. The first-order chi connectivity index (χ1) is 19.4. The number of rotatable bonds is 8. The van der Waals surface area contributed by atoms with E-state index in [0.29, 0.717) is 6.42 Å². The standard InChI is InChI=1S/C27H27F3N2O7S2/c1-38-27-14-21(4-6-24(27)30)41(36,37)32-16-20(9-11-40(34,35)31-10-8-19(33)15-31)39-26-7-2-17(12-25(26)32)22-13-18(28)3-5-23(22)29/h2-7,12-14,19-20,33H,8-11,15-16H2,1H3/t19-,20-/m0/s1. The van der Waals surface area contributed by atoms with E-state index < -0.39 is 49.7 Å². The topological polar surface area (TPSA) is 113 Å². The molecule has 2 atom stereocenters. The highest BCUT2D eigenvalue weighted by Gasteiger charge is 2.37. The Bertz CT molecular complexity index is 1690. The maximum Gasteiger partial charge on any atom is 0.264 e. The average Bonchev–Trinajstić information content (AvgIpc) is 3.40. The van der Waals surface area contributed by atoms with Gasteiger partial charge in [0, 0.05) is 31.1 Å². The minimum absolute atomic E-state index is 0.0104. The number of nitrogens with zero attached hydrogens (tertiary/aromatic N) is 2. The number of aliphatic hydroxyl groups is 1. The number of methoxy groups -OCH3 is 1. The number of anilines is 1. The van der Waals surface area contributed by atoms with Crippen LogP contribution in [0.1, 0.15) is 12.8 Å². The van der Waals surface area contributed by atoms with Crippen molar-refractivity contribution in [1.82, 2.24) is 4.31 Å². The van der Waals surface area contributed by atoms with Crippen LogP contribution in [0.2, 0.25) is 0 Å². The summed E-state index contributed by atoms with van der Waals surface area (Å²) < 4.78 is 109. The molecular formula is C27H27F3N2O7S2. The van der Waals surface area contributed by atoms with Crippen molar-refractivity contribution >= 4 is 25.7 Å². The van der Waals surface area contributed by atoms with Crippen LogP contribution >= 0.6 is 0 Å². The van der Waals surface area contributed by atoms with Crippen LogP contribution in [0.15, 0.2) is 59.5 Å². The maximum absolute atomic E-state index is 14.6. The van der Waals surface area contributed by atoms with Gasteiger partial charge in [0.15, 0.2) is 11.6 Å². The van der Waals surface area contributed by atoms with Gasteiger partial charge in [-0.05, 0) is 54.4 Å². The molecule has 0 aliphatic carbocycles. The lowest BCUT2D eigenvalue weighted by molar-refractivity contribution is 0.188. The lowest BCUT2D eigenvalue weighted by Gasteiger charge is -2.36. The highest BCUT2D eigenvalue weighted by atomic mass is 32.2. The molecular weight excluding hydrogens is 585 g/mol. The Hall–Kier alpha value is -3.33. The van der Waals surface area contributed by atoms with Crippen LogP contribution in [0.25, 0.3) is 11.1 Å². The Kier molecular flexibility index (Phi) is 7.94. The SMILES string of the molecule is COc1cc(S(=O)(=O)N2C[C@H](CCS(=O)(=O)N3CC[C@H](O)C3)Oc3ccc(-c4cc(F)ccc4F)cc32)ccc1F. The summed E-state index contributed by atoms with van der Waals surface area (Å²) in [6.07, 6.45) is -1.40. The minimum atomic E-state index is -4.41. The smallest absolute Gasteiger partial charge is 0.264 e. The number of halogens is 3. The molecule has 1 saturated heterocycles. The summed E-state index contributed by atoms with van der Waals surface area (Å²) in [5, 5.41) is 9.73. The van der Waals surface area contributed by atoms with E-state index in [1.165, 1.54) is 29.6 Å². The van der Waals surface area contributed by atoms with Crippen molar-refractivity contribution in [3.8, 4) is 22.6 Å². The van der Waals surface area contributed by atoms with Crippen molar-refractivity contribution in [3.05, 3.63) is 72.0 Å². The molecule has 3 aromatic rings. The molecule has 3 aromatic carbocycles. The van der Waals surface area contributed by atoms with E-state index >= 15 is 0 Å². The molecule has 2 heterocycles. The zero-order valence-corrected chi connectivity index (χ0v) is 23.5. The Morgan fingerprint density at radius 1 is 0.976 bits per heavy atom. The highest BCUT2D eigenvalue weighted by molar-refractivity contribution is 7.92. The Morgan fingerprint density at radius 2 is 1.73 bits per heavy atom. The van der Waals surface area contributed by atoms with Crippen molar-refractivity contribution in [2.24, 2.45) is 0 Å². The average molecular weight is 613 g/mol. The Balaban J connectivity index is 1.52. The lowest BCUT2D eigenvalue weighted by Crippen LogP contribution is -2.44. The Morgan fingerprint density at radius 3 is 2.44 bits per heavy atom. The van der Waals surface area contributed by atoms with Crippen molar-refractivity contribution in [2.75, 3.05) is 36.8 Å². The van der Waals surface area contributed by atoms with Crippen LogP contribution in [0.3, 0.4) is 0 Å². The van der Waals surface area contributed by atoms with E-state index in [1.807, 2.05) is 0 Å². The summed E-state index contributed by atoms with van der Waals surface area (Å²) in [6.45, 7) is -0.143. The number of fused-ring (bicyclic) bond motifs is 1. The summed E-state index contributed by atoms with van der Waals surface area (Å²) in [6, 6.07) is 10.1. The first-order valence-corrected chi connectivity index (χ1v) is 15.7. The normalized spacial score (nSPS) is 19.6. The molecule has 2 aliphatic heterocycles. The second-order valence-electron chi connectivity index (χ2n) is 9.78. The summed E-state index contributed by atoms with van der Waals surface area (Å²) in [7, 11) is -6.97. The van der Waals surface area contributed by atoms with Gasteiger partial charge in [0.05, 0.1) is 36.1 Å². The van der Waals surface area contributed by atoms with Gasteiger partial charge in [-0.25, -0.2) is 30.0 Å². The number of aliphatic hydroxyl groups excluding tert-OH is 1. The second-order valence-corrected chi connectivity index (χ2v) is 13.7. The van der Waals surface area contributed by atoms with Gasteiger partial charge in [0.1, 0.15) is 23.5 Å². The fraction of sp³-hybridized carbons (Fsp3) is 0.333. The van der Waals surface area contributed by atoms with Crippen molar-refractivity contribution in [2.45, 2.75) is 29.9 Å². The van der Waals surface area contributed by atoms with Crippen molar-refractivity contribution in [3.63, 3.8) is 0 Å². The van der Waals surface area contributed by atoms with Crippen molar-refractivity contribution < 1.29 is 44.6 Å². The third kappa shape index (κ3) is 5.87. The van der Waals surface area contributed by atoms with Crippen LogP contribution in [-0.4, -0.2) is 71.0 Å². The predicted octanol–water partition coefficient (Wildman–Crippen LogP) is 3.52. The Labute approximate surface area is 235 Å². The number of sulfonamides is 2. The molecule has 14 heteroatoms. The third-order valence-electron chi connectivity index (χ3n) is 7.06. The molecule has 0 amide bonds. The molecule has 41 heavy (non-hydrogen) atoms. The van der Waals surface area contributed by atoms with Crippen molar-refractivity contribution in [1.29, 1.82) is 0 Å². The van der Waals surface area contributed by atoms with Crippen LogP contribution in [-0.2, 0) is 20.0 Å². The summed E-state index contributed by atoms with van der Waals surface area (Å²) >= 11 is 0. The minimum Gasteiger partial charge on any atom is -0.494 e. The van der Waals surface area contributed by atoms with Crippen LogP contribution in [0.5, 0.6) is 11.5 Å². The number of β-amino-alcohol motifs (C(OH)–C–C–N with tert-alkyl or cyclic N) is 1. The van der Waals surface area contributed by atoms with E-state index in [9.17, 15) is 35.1 Å². The fourth-order valence-electron chi connectivity index (χ4n) is 4.88. The lowest BCUT2D eigenvalue weighted by atomic mass is 10.0. The van der Waals surface area contributed by atoms with Gasteiger partial charge in [-0.3, -0.25) is 4.31 Å². The zero-order valence-electron chi connectivity index (χ0n) is 21.8. The van der Waals surface area contributed by atoms with Crippen LogP contribution in [0, 0.1) is 17.5 Å². The van der Waals surface area contributed by atoms with Gasteiger partial charge in [0.2, 0.25) is 10.0 Å². The molecule has 9 nitrogen and oxygen atoms in total. The fourth-order valence-corrected chi connectivity index (χ4v) is 7.99. The molecule has 0 radical (unpaired) electrons. The van der Waals surface area contributed by atoms with E-state index in [2.05, 4.69) is 0 Å². The molecule has 0 bridgehead atoms. The van der Waals surface area contributed by atoms with Gasteiger partial charge in [-0.15, -0.1) is 0 Å². The molecule has 1 N–H and O–H groups in total. The summed E-state index contributed by atoms with van der Waals surface area (Å²) in [5.41, 5.74) is 0.0840. The second kappa shape index (κ2) is 11.2. The van der Waals surface area contributed by atoms with Crippen LogP contribution in [0.4, 0.5) is 18.9 Å². The molecule has 220 valence electrons. The maximum atomic E-state index is 14.6. The van der Waals surface area contributed by atoms with Gasteiger partial charge in [-0.2, -0.15) is 4.31 Å².